The van der Waals surface area contributed by atoms with Crippen molar-refractivity contribution < 1.29 is 14.6 Å². The summed E-state index contributed by atoms with van der Waals surface area (Å²) in [6, 6.07) is 4.78. The fourth-order valence-electron chi connectivity index (χ4n) is 4.74. The Labute approximate surface area is 175 Å². The quantitative estimate of drug-likeness (QED) is 0.422. The summed E-state index contributed by atoms with van der Waals surface area (Å²) in [6.45, 7) is 14.0. The van der Waals surface area contributed by atoms with E-state index >= 15 is 0 Å². The Bertz CT molecular complexity index is 842. The minimum atomic E-state index is -0.891. The van der Waals surface area contributed by atoms with Crippen LogP contribution in [0.2, 0.25) is 0 Å². The summed E-state index contributed by atoms with van der Waals surface area (Å²) >= 11 is 0. The first-order valence-corrected chi connectivity index (χ1v) is 10.9. The maximum atomic E-state index is 10.7. The normalized spacial score (nSPS) is 25.0. The minimum Gasteiger partial charge on any atom is -0.494 e. The smallest absolute Gasteiger partial charge is 0.328 e. The molecular formula is C26H36O3. The molecule has 0 aliphatic heterocycles. The van der Waals surface area contributed by atoms with Crippen LogP contribution in [0.1, 0.15) is 89.8 Å². The number of carbonyl (C=O) groups is 1. The van der Waals surface area contributed by atoms with Crippen molar-refractivity contribution in [1.29, 1.82) is 0 Å². The van der Waals surface area contributed by atoms with E-state index in [-0.39, 0.29) is 10.8 Å². The van der Waals surface area contributed by atoms with Crippen molar-refractivity contribution in [3.05, 3.63) is 52.6 Å². The van der Waals surface area contributed by atoms with E-state index in [9.17, 15) is 4.79 Å². The number of fused-ring (bicyclic) bond motifs is 1. The summed E-state index contributed by atoms with van der Waals surface area (Å²) in [4.78, 5) is 10.7. The molecule has 3 nitrogen and oxygen atoms in total. The Hall–Kier alpha value is -2.03. The maximum Gasteiger partial charge on any atom is 0.328 e. The Balaban J connectivity index is 1.85. The van der Waals surface area contributed by atoms with Gasteiger partial charge in [-0.05, 0) is 90.5 Å². The van der Waals surface area contributed by atoms with Crippen molar-refractivity contribution in [2.75, 3.05) is 6.61 Å². The SMILES string of the molecule is CCOc1cc2c(cc1C1CC1C/C=C/C(C)=C/C(=O)O)C(C)(C)CCC2(C)C. The molecule has 2 unspecified atom stereocenters. The highest BCUT2D eigenvalue weighted by Gasteiger charge is 2.43. The van der Waals surface area contributed by atoms with Gasteiger partial charge in [-0.15, -0.1) is 0 Å². The second kappa shape index (κ2) is 8.01. The molecule has 0 radical (unpaired) electrons. The molecule has 1 aromatic rings. The lowest BCUT2D eigenvalue weighted by Gasteiger charge is -2.42. The monoisotopic (exact) mass is 396 g/mol. The lowest BCUT2D eigenvalue weighted by Crippen LogP contribution is -2.34. The first kappa shape index (κ1) is 21.7. The number of aliphatic carboxylic acids is 1. The van der Waals surface area contributed by atoms with E-state index in [1.54, 1.807) is 0 Å². The Morgan fingerprint density at radius 1 is 1.17 bits per heavy atom. The number of carboxylic acids is 1. The highest BCUT2D eigenvalue weighted by Crippen LogP contribution is 2.55. The molecule has 0 bridgehead atoms. The fraction of sp³-hybridized carbons (Fsp3) is 0.577. The Morgan fingerprint density at radius 3 is 2.38 bits per heavy atom. The van der Waals surface area contributed by atoms with E-state index in [1.165, 1.54) is 42.0 Å². The number of benzene rings is 1. The average Bonchev–Trinajstić information content (AvgIpc) is 3.38. The second-order valence-corrected chi connectivity index (χ2v) is 10.1. The molecule has 0 heterocycles. The molecule has 1 N–H and O–H groups in total. The third kappa shape index (κ3) is 4.76. The van der Waals surface area contributed by atoms with Gasteiger partial charge in [-0.3, -0.25) is 0 Å². The largest absolute Gasteiger partial charge is 0.494 e. The molecule has 29 heavy (non-hydrogen) atoms. The van der Waals surface area contributed by atoms with Crippen LogP contribution in [0.15, 0.2) is 35.9 Å². The van der Waals surface area contributed by atoms with E-state index in [4.69, 9.17) is 9.84 Å². The lowest BCUT2D eigenvalue weighted by molar-refractivity contribution is -0.131. The number of rotatable bonds is 7. The molecule has 0 amide bonds. The highest BCUT2D eigenvalue weighted by atomic mass is 16.5. The van der Waals surface area contributed by atoms with Crippen LogP contribution in [-0.4, -0.2) is 17.7 Å². The molecule has 1 fully saturated rings. The Morgan fingerprint density at radius 2 is 1.79 bits per heavy atom. The minimum absolute atomic E-state index is 0.189. The number of allylic oxidation sites excluding steroid dienone is 3. The number of hydrogen-bond donors (Lipinski definition) is 1. The van der Waals surface area contributed by atoms with Crippen molar-refractivity contribution in [3.8, 4) is 5.75 Å². The lowest BCUT2D eigenvalue weighted by atomic mass is 9.62. The van der Waals surface area contributed by atoms with Crippen molar-refractivity contribution in [1.82, 2.24) is 0 Å². The third-order valence-corrected chi connectivity index (χ3v) is 6.78. The van der Waals surface area contributed by atoms with E-state index in [0.717, 1.165) is 17.7 Å². The molecule has 3 heteroatoms. The summed E-state index contributed by atoms with van der Waals surface area (Å²) in [7, 11) is 0. The summed E-state index contributed by atoms with van der Waals surface area (Å²) in [6.07, 6.45) is 9.87. The van der Waals surface area contributed by atoms with Gasteiger partial charge in [-0.25, -0.2) is 4.79 Å². The van der Waals surface area contributed by atoms with Crippen molar-refractivity contribution in [3.63, 3.8) is 0 Å². The zero-order valence-electron chi connectivity index (χ0n) is 18.8. The van der Waals surface area contributed by atoms with Crippen LogP contribution in [0, 0.1) is 5.92 Å². The zero-order valence-corrected chi connectivity index (χ0v) is 18.8. The topological polar surface area (TPSA) is 46.5 Å². The molecule has 158 valence electrons. The van der Waals surface area contributed by atoms with Crippen LogP contribution in [0.3, 0.4) is 0 Å². The number of hydrogen-bond acceptors (Lipinski definition) is 2. The molecule has 1 saturated carbocycles. The summed E-state index contributed by atoms with van der Waals surface area (Å²) in [5.74, 6) is 1.32. The number of carboxylic acid groups (broad SMARTS) is 1. The van der Waals surface area contributed by atoms with Gasteiger partial charge >= 0.3 is 5.97 Å². The van der Waals surface area contributed by atoms with Gasteiger partial charge in [0, 0.05) is 6.08 Å². The van der Waals surface area contributed by atoms with E-state index in [2.05, 4.69) is 52.8 Å². The van der Waals surface area contributed by atoms with Gasteiger partial charge in [-0.1, -0.05) is 45.9 Å². The van der Waals surface area contributed by atoms with Gasteiger partial charge in [0.15, 0.2) is 0 Å². The van der Waals surface area contributed by atoms with Crippen molar-refractivity contribution in [2.24, 2.45) is 5.92 Å². The van der Waals surface area contributed by atoms with E-state index in [1.807, 2.05) is 13.0 Å². The van der Waals surface area contributed by atoms with E-state index < -0.39 is 5.97 Å². The zero-order chi connectivity index (χ0) is 21.4. The van der Waals surface area contributed by atoms with E-state index in [0.29, 0.717) is 18.4 Å². The Kier molecular flexibility index (Phi) is 5.98. The van der Waals surface area contributed by atoms with Crippen LogP contribution in [-0.2, 0) is 15.6 Å². The molecule has 3 rings (SSSR count). The van der Waals surface area contributed by atoms with Crippen LogP contribution >= 0.6 is 0 Å². The highest BCUT2D eigenvalue weighted by molar-refractivity contribution is 5.81. The van der Waals surface area contributed by atoms with Gasteiger partial charge in [0.25, 0.3) is 0 Å². The summed E-state index contributed by atoms with van der Waals surface area (Å²) in [5.41, 5.74) is 5.48. The molecule has 0 aromatic heterocycles. The van der Waals surface area contributed by atoms with Gasteiger partial charge in [-0.2, -0.15) is 0 Å². The van der Waals surface area contributed by atoms with Crippen molar-refractivity contribution >= 4 is 5.97 Å². The molecule has 0 saturated heterocycles. The van der Waals surface area contributed by atoms with Gasteiger partial charge in [0.05, 0.1) is 6.61 Å². The summed E-state index contributed by atoms with van der Waals surface area (Å²) < 4.78 is 6.11. The van der Waals surface area contributed by atoms with Crippen LogP contribution in [0.25, 0.3) is 0 Å². The van der Waals surface area contributed by atoms with Crippen LogP contribution < -0.4 is 4.74 Å². The first-order valence-electron chi connectivity index (χ1n) is 10.9. The molecular weight excluding hydrogens is 360 g/mol. The molecule has 0 spiro atoms. The molecule has 2 atom stereocenters. The first-order chi connectivity index (χ1) is 13.5. The second-order valence-electron chi connectivity index (χ2n) is 10.1. The average molecular weight is 397 g/mol. The number of ether oxygens (including phenoxy) is 1. The third-order valence-electron chi connectivity index (χ3n) is 6.78. The van der Waals surface area contributed by atoms with Crippen LogP contribution in [0.4, 0.5) is 0 Å². The van der Waals surface area contributed by atoms with Crippen molar-refractivity contribution in [2.45, 2.75) is 84.0 Å². The molecule has 2 aliphatic carbocycles. The van der Waals surface area contributed by atoms with Gasteiger partial charge in [0.1, 0.15) is 5.75 Å². The standard InChI is InChI=1S/C26H36O3/c1-7-29-23-16-22-21(25(3,4)11-12-26(22,5)6)15-20(23)19-14-18(19)10-8-9-17(2)13-24(27)28/h8-9,13,15-16,18-19H,7,10-12,14H2,1-6H3,(H,27,28)/b9-8+,17-13+. The molecule has 1 aromatic carbocycles. The van der Waals surface area contributed by atoms with Crippen LogP contribution in [0.5, 0.6) is 5.75 Å². The maximum absolute atomic E-state index is 10.7. The van der Waals surface area contributed by atoms with Gasteiger partial charge in [0.2, 0.25) is 0 Å². The van der Waals surface area contributed by atoms with Gasteiger partial charge < -0.3 is 9.84 Å². The predicted molar refractivity (Wildman–Crippen MR) is 119 cm³/mol. The summed E-state index contributed by atoms with van der Waals surface area (Å²) in [5, 5.41) is 8.83. The predicted octanol–water partition coefficient (Wildman–Crippen LogP) is 6.52. The molecule has 2 aliphatic rings. The fourth-order valence-corrected chi connectivity index (χ4v) is 4.74.